The van der Waals surface area contributed by atoms with E-state index in [2.05, 4.69) is 40.8 Å². The molecule has 2 aromatic carbocycles. The van der Waals surface area contributed by atoms with Crippen molar-refractivity contribution in [1.29, 1.82) is 0 Å². The molecular formula is C34H43ClN2O5S. The highest BCUT2D eigenvalue weighted by molar-refractivity contribution is 7.90. The molecule has 0 saturated heterocycles. The predicted molar refractivity (Wildman–Crippen MR) is 171 cm³/mol. The largest absolute Gasteiger partial charge is 0.490 e. The molecule has 1 fully saturated rings. The van der Waals surface area contributed by atoms with Crippen LogP contribution >= 0.6 is 11.6 Å². The van der Waals surface area contributed by atoms with Crippen molar-refractivity contribution in [3.05, 3.63) is 70.3 Å². The molecule has 1 amide bonds. The summed E-state index contributed by atoms with van der Waals surface area (Å²) in [6, 6.07) is 11.5. The number of amides is 1. The molecule has 7 nitrogen and oxygen atoms in total. The van der Waals surface area contributed by atoms with Crippen molar-refractivity contribution in [2.75, 3.05) is 31.7 Å². The molecule has 0 unspecified atom stereocenters. The van der Waals surface area contributed by atoms with Gasteiger partial charge < -0.3 is 14.4 Å². The Morgan fingerprint density at radius 3 is 2.70 bits per heavy atom. The number of anilines is 1. The molecule has 1 spiro atoms. The first-order chi connectivity index (χ1) is 20.4. The van der Waals surface area contributed by atoms with Gasteiger partial charge in [-0.25, -0.2) is 13.1 Å². The zero-order valence-electron chi connectivity index (χ0n) is 25.6. The second-order valence-electron chi connectivity index (χ2n) is 13.4. The summed E-state index contributed by atoms with van der Waals surface area (Å²) < 4.78 is 41.6. The summed E-state index contributed by atoms with van der Waals surface area (Å²) in [4.78, 5) is 15.8. The van der Waals surface area contributed by atoms with E-state index in [-0.39, 0.29) is 11.3 Å². The number of rotatable bonds is 1. The van der Waals surface area contributed by atoms with Crippen LogP contribution in [0.15, 0.2) is 48.6 Å². The van der Waals surface area contributed by atoms with Crippen molar-refractivity contribution in [3.8, 4) is 5.75 Å². The van der Waals surface area contributed by atoms with Crippen LogP contribution < -0.4 is 14.4 Å². The normalized spacial score (nSPS) is 34.5. The van der Waals surface area contributed by atoms with E-state index in [9.17, 15) is 13.2 Å². The summed E-state index contributed by atoms with van der Waals surface area (Å²) in [5, 5.41) is -0.00294. The number of allylic oxidation sites excluding steroid dienone is 1. The van der Waals surface area contributed by atoms with E-state index in [0.717, 1.165) is 55.9 Å². The van der Waals surface area contributed by atoms with Crippen LogP contribution in [0.5, 0.6) is 5.75 Å². The van der Waals surface area contributed by atoms with Gasteiger partial charge in [0.05, 0.1) is 23.1 Å². The molecule has 9 heteroatoms. The van der Waals surface area contributed by atoms with Gasteiger partial charge in [-0.2, -0.15) is 0 Å². The lowest BCUT2D eigenvalue weighted by Crippen LogP contribution is -2.52. The number of carbonyl (C=O) groups excluding carboxylic acids is 1. The van der Waals surface area contributed by atoms with Crippen LogP contribution in [0.1, 0.15) is 74.4 Å². The molecule has 232 valence electrons. The van der Waals surface area contributed by atoms with Gasteiger partial charge in [-0.3, -0.25) is 4.79 Å². The van der Waals surface area contributed by atoms with E-state index in [0.29, 0.717) is 36.2 Å². The van der Waals surface area contributed by atoms with Gasteiger partial charge in [-0.05, 0) is 112 Å². The van der Waals surface area contributed by atoms with Crippen LogP contribution in [0.4, 0.5) is 5.69 Å². The number of carbonyl (C=O) groups is 1. The van der Waals surface area contributed by atoms with Gasteiger partial charge in [0.15, 0.2) is 0 Å². The Morgan fingerprint density at radius 1 is 1.14 bits per heavy atom. The quantitative estimate of drug-likeness (QED) is 0.375. The maximum absolute atomic E-state index is 13.4. The number of nitrogens with zero attached hydrogens (tertiary/aromatic N) is 1. The summed E-state index contributed by atoms with van der Waals surface area (Å²) >= 11 is 6.42. The average Bonchev–Trinajstić information content (AvgIpc) is 3.11. The maximum Gasteiger partial charge on any atom is 0.264 e. The maximum atomic E-state index is 13.4. The third kappa shape index (κ3) is 5.59. The van der Waals surface area contributed by atoms with Crippen LogP contribution in [0, 0.1) is 17.8 Å². The minimum Gasteiger partial charge on any atom is -0.490 e. The Balaban J connectivity index is 1.45. The number of sulfonamides is 1. The molecule has 2 heterocycles. The minimum absolute atomic E-state index is 0.187. The van der Waals surface area contributed by atoms with Gasteiger partial charge in [0.2, 0.25) is 10.0 Å². The molecule has 2 bridgehead atoms. The van der Waals surface area contributed by atoms with Crippen LogP contribution in [0.3, 0.4) is 0 Å². The molecule has 4 aliphatic rings. The summed E-state index contributed by atoms with van der Waals surface area (Å²) in [5.41, 5.74) is 2.99. The Morgan fingerprint density at radius 2 is 1.95 bits per heavy atom. The lowest BCUT2D eigenvalue weighted by Gasteiger charge is -2.49. The first kappa shape index (κ1) is 30.5. The van der Waals surface area contributed by atoms with Crippen LogP contribution in [-0.4, -0.2) is 52.0 Å². The third-order valence-corrected chi connectivity index (χ3v) is 13.0. The standard InChI is InChI=1S/C34H43ClN2O5S/c1-22-7-5-15-33(3,41-4)28-12-9-26(28)19-37-20-34(16-6-8-24-17-27(35)11-13-29(24)34)21-42-31-14-10-25(18-30(31)37)32(38)36-43(39,40)23(22)2/h5,10-11,13-15,17-18,22-23,26,28H,6-9,12,16,19-21H2,1-4H3,(H,36,38)/b15-5+/t22-,23+,26-,28+,33+,34-/m0/s1. The molecule has 6 atom stereocenters. The number of fused-ring (bicyclic) bond motifs is 4. The number of hydrogen-bond donors (Lipinski definition) is 1. The molecule has 1 N–H and O–H groups in total. The Bertz CT molecular complexity index is 1540. The fourth-order valence-electron chi connectivity index (χ4n) is 7.72. The second-order valence-corrected chi connectivity index (χ2v) is 15.9. The summed E-state index contributed by atoms with van der Waals surface area (Å²) in [6.07, 6.45) is 9.93. The highest BCUT2D eigenvalue weighted by atomic mass is 35.5. The highest BCUT2D eigenvalue weighted by Crippen LogP contribution is 2.49. The van der Waals surface area contributed by atoms with Gasteiger partial charge in [0.1, 0.15) is 5.75 Å². The van der Waals surface area contributed by atoms with Crippen molar-refractivity contribution in [1.82, 2.24) is 4.72 Å². The topological polar surface area (TPSA) is 84.9 Å². The minimum atomic E-state index is -3.90. The molecule has 43 heavy (non-hydrogen) atoms. The number of nitrogens with one attached hydrogen (secondary N) is 1. The van der Waals surface area contributed by atoms with Crippen molar-refractivity contribution < 1.29 is 22.7 Å². The molecule has 6 rings (SSSR count). The van der Waals surface area contributed by atoms with Gasteiger partial charge in [0.25, 0.3) is 5.91 Å². The van der Waals surface area contributed by atoms with Crippen LogP contribution in [-0.2, 0) is 26.6 Å². The molecule has 0 aromatic heterocycles. The zero-order chi connectivity index (χ0) is 30.6. The van der Waals surface area contributed by atoms with Crippen molar-refractivity contribution in [3.63, 3.8) is 0 Å². The van der Waals surface area contributed by atoms with Gasteiger partial charge >= 0.3 is 0 Å². The zero-order valence-corrected chi connectivity index (χ0v) is 27.1. The molecule has 2 aromatic rings. The fraction of sp³-hybridized carbons (Fsp3) is 0.559. The van der Waals surface area contributed by atoms with Crippen molar-refractivity contribution in [2.24, 2.45) is 17.8 Å². The highest BCUT2D eigenvalue weighted by Gasteiger charge is 2.47. The smallest absolute Gasteiger partial charge is 0.264 e. The summed E-state index contributed by atoms with van der Waals surface area (Å²) in [6.45, 7) is 7.76. The van der Waals surface area contributed by atoms with Crippen molar-refractivity contribution in [2.45, 2.75) is 75.6 Å². The van der Waals surface area contributed by atoms with E-state index < -0.39 is 26.8 Å². The van der Waals surface area contributed by atoms with Crippen LogP contribution in [0.2, 0.25) is 5.02 Å². The van der Waals surface area contributed by atoms with E-state index >= 15 is 0 Å². The van der Waals surface area contributed by atoms with E-state index in [1.807, 2.05) is 25.1 Å². The lowest BCUT2D eigenvalue weighted by atomic mass is 9.64. The number of halogens is 1. The first-order valence-corrected chi connectivity index (χ1v) is 17.5. The molecule has 2 aliphatic heterocycles. The number of benzene rings is 2. The number of hydrogen-bond acceptors (Lipinski definition) is 6. The Kier molecular flexibility index (Phi) is 8.10. The fourth-order valence-corrected chi connectivity index (χ4v) is 9.20. The molecule has 0 radical (unpaired) electrons. The number of ether oxygens (including phenoxy) is 2. The van der Waals surface area contributed by atoms with Crippen molar-refractivity contribution >= 4 is 33.2 Å². The van der Waals surface area contributed by atoms with E-state index in [1.54, 1.807) is 20.1 Å². The van der Waals surface area contributed by atoms with Gasteiger partial charge in [0, 0.05) is 36.2 Å². The molecule has 1 saturated carbocycles. The molecular weight excluding hydrogens is 584 g/mol. The monoisotopic (exact) mass is 626 g/mol. The number of aryl methyl sites for hydroxylation is 1. The summed E-state index contributed by atoms with van der Waals surface area (Å²) in [7, 11) is -2.13. The van der Waals surface area contributed by atoms with E-state index in [4.69, 9.17) is 21.1 Å². The number of methoxy groups -OCH3 is 1. The SMILES string of the molecule is CO[C@]1(C)/C=C/C[C@H](C)[C@@H](C)S(=O)(=O)NC(=O)c2ccc3c(c2)N(C[C@@H]2CC[C@H]21)C[C@@]1(CCCc2cc(Cl)ccc21)CO3. The Hall–Kier alpha value is -2.55. The third-order valence-electron chi connectivity index (χ3n) is 10.8. The average molecular weight is 627 g/mol. The second kappa shape index (κ2) is 11.4. The van der Waals surface area contributed by atoms with E-state index in [1.165, 1.54) is 11.1 Å². The predicted octanol–water partition coefficient (Wildman–Crippen LogP) is 6.29. The van der Waals surface area contributed by atoms with Gasteiger partial charge in [-0.1, -0.05) is 36.7 Å². The lowest BCUT2D eigenvalue weighted by molar-refractivity contribution is -0.0622. The Labute approximate surface area is 261 Å². The molecule has 2 aliphatic carbocycles. The summed E-state index contributed by atoms with van der Waals surface area (Å²) in [5.74, 6) is 0.604. The van der Waals surface area contributed by atoms with Gasteiger partial charge in [-0.15, -0.1) is 0 Å². The van der Waals surface area contributed by atoms with Crippen LogP contribution in [0.25, 0.3) is 0 Å². The first-order valence-electron chi connectivity index (χ1n) is 15.5.